The van der Waals surface area contributed by atoms with E-state index in [0.717, 1.165) is 17.8 Å². The lowest BCUT2D eigenvalue weighted by Crippen LogP contribution is -2.35. The Kier molecular flexibility index (Phi) is 6.10. The molecule has 8 heteroatoms. The molecule has 2 aromatic rings. The summed E-state index contributed by atoms with van der Waals surface area (Å²) in [4.78, 5) is 30.4. The van der Waals surface area contributed by atoms with Crippen LogP contribution < -0.4 is 5.32 Å². The van der Waals surface area contributed by atoms with Crippen molar-refractivity contribution in [2.45, 2.75) is 52.1 Å². The first-order chi connectivity index (χ1) is 13.7. The summed E-state index contributed by atoms with van der Waals surface area (Å²) >= 11 is 0. The van der Waals surface area contributed by atoms with Crippen molar-refractivity contribution in [3.63, 3.8) is 0 Å². The maximum absolute atomic E-state index is 12.2. The topological polar surface area (TPSA) is 97.3 Å². The van der Waals surface area contributed by atoms with Gasteiger partial charge in [0.15, 0.2) is 5.82 Å². The first kappa shape index (κ1) is 20.7. The molecule has 2 amide bonds. The summed E-state index contributed by atoms with van der Waals surface area (Å²) in [5, 5.41) is 11.1. The van der Waals surface area contributed by atoms with Crippen LogP contribution in [0.1, 0.15) is 50.2 Å². The van der Waals surface area contributed by atoms with Crippen molar-refractivity contribution in [1.82, 2.24) is 20.1 Å². The van der Waals surface area contributed by atoms with Gasteiger partial charge >= 0.3 is 6.09 Å². The average Bonchev–Trinajstić information content (AvgIpc) is 3.11. The van der Waals surface area contributed by atoms with E-state index in [0.29, 0.717) is 24.6 Å². The minimum absolute atomic E-state index is 0.108. The van der Waals surface area contributed by atoms with Crippen LogP contribution in [0.25, 0.3) is 0 Å². The number of carbonyl (C=O) groups excluding carboxylic acids is 2. The number of nitrogens with zero attached hydrogens (tertiary/aromatic N) is 4. The number of nitrogens with one attached hydrogen (secondary N) is 1. The monoisotopic (exact) mass is 397 g/mol. The van der Waals surface area contributed by atoms with Gasteiger partial charge in [0.05, 0.1) is 12.1 Å². The zero-order valence-electron chi connectivity index (χ0n) is 17.3. The lowest BCUT2D eigenvalue weighted by Gasteiger charge is -2.24. The van der Waals surface area contributed by atoms with Gasteiger partial charge in [-0.1, -0.05) is 6.07 Å². The summed E-state index contributed by atoms with van der Waals surface area (Å²) in [6, 6.07) is 9.16. The van der Waals surface area contributed by atoms with Crippen LogP contribution in [0.3, 0.4) is 0 Å². The first-order valence-corrected chi connectivity index (χ1v) is 9.73. The number of carbonyl (C=O) groups is 2. The zero-order chi connectivity index (χ0) is 21.0. The molecule has 0 radical (unpaired) electrons. The zero-order valence-corrected chi connectivity index (χ0v) is 17.3. The first-order valence-electron chi connectivity index (χ1n) is 9.73. The molecule has 0 saturated carbocycles. The number of anilines is 1. The van der Waals surface area contributed by atoms with Gasteiger partial charge in [-0.15, -0.1) is 5.10 Å². The molecule has 154 valence electrons. The predicted octanol–water partition coefficient (Wildman–Crippen LogP) is 3.09. The maximum atomic E-state index is 12.2. The Labute approximate surface area is 170 Å². The van der Waals surface area contributed by atoms with Gasteiger partial charge in [-0.05, 0) is 58.4 Å². The lowest BCUT2D eigenvalue weighted by molar-refractivity contribution is -0.115. The highest BCUT2D eigenvalue weighted by molar-refractivity contribution is 5.91. The van der Waals surface area contributed by atoms with Gasteiger partial charge in [-0.3, -0.25) is 9.78 Å². The highest BCUT2D eigenvalue weighted by Gasteiger charge is 2.31. The molecule has 29 heavy (non-hydrogen) atoms. The number of hydrogen-bond acceptors (Lipinski definition) is 6. The summed E-state index contributed by atoms with van der Waals surface area (Å²) in [5.41, 5.74) is 1.87. The fraction of sp³-hybridized carbons (Fsp3) is 0.476. The SMILES string of the molecule is Cc1cccc(CC(=O)Nc2ccc(C3CCN(C(=O)OC(C)(C)C)C3)nn2)n1. The van der Waals surface area contributed by atoms with Crippen molar-refractivity contribution < 1.29 is 14.3 Å². The second-order valence-corrected chi connectivity index (χ2v) is 8.25. The highest BCUT2D eigenvalue weighted by atomic mass is 16.6. The van der Waals surface area contributed by atoms with Crippen LogP contribution in [0.15, 0.2) is 30.3 Å². The quantitative estimate of drug-likeness (QED) is 0.851. The van der Waals surface area contributed by atoms with Gasteiger partial charge in [-0.25, -0.2) is 4.79 Å². The molecule has 1 atom stereocenters. The van der Waals surface area contributed by atoms with E-state index in [-0.39, 0.29) is 24.3 Å². The summed E-state index contributed by atoms with van der Waals surface area (Å²) < 4.78 is 5.42. The third-order valence-electron chi connectivity index (χ3n) is 4.50. The largest absolute Gasteiger partial charge is 0.444 e. The second-order valence-electron chi connectivity index (χ2n) is 8.25. The van der Waals surface area contributed by atoms with Gasteiger partial charge in [0.2, 0.25) is 5.91 Å². The third-order valence-corrected chi connectivity index (χ3v) is 4.50. The minimum atomic E-state index is -0.511. The molecule has 1 unspecified atom stereocenters. The van der Waals surface area contributed by atoms with Crippen LogP contribution >= 0.6 is 0 Å². The Bertz CT molecular complexity index is 877. The molecule has 2 aromatic heterocycles. The molecule has 3 heterocycles. The molecule has 1 N–H and O–H groups in total. The van der Waals surface area contributed by atoms with Crippen molar-refractivity contribution in [3.8, 4) is 0 Å². The molecular weight excluding hydrogens is 370 g/mol. The van der Waals surface area contributed by atoms with E-state index in [2.05, 4.69) is 20.5 Å². The predicted molar refractivity (Wildman–Crippen MR) is 109 cm³/mol. The number of amides is 2. The molecule has 1 aliphatic rings. The van der Waals surface area contributed by atoms with Crippen molar-refractivity contribution in [2.24, 2.45) is 0 Å². The molecular formula is C21H27N5O3. The van der Waals surface area contributed by atoms with Crippen LogP contribution in [0.4, 0.5) is 10.6 Å². The van der Waals surface area contributed by atoms with E-state index in [4.69, 9.17) is 4.74 Å². The fourth-order valence-corrected chi connectivity index (χ4v) is 3.17. The Balaban J connectivity index is 1.54. The smallest absolute Gasteiger partial charge is 0.410 e. The van der Waals surface area contributed by atoms with Crippen LogP contribution in [-0.4, -0.2) is 50.8 Å². The molecule has 1 fully saturated rings. The van der Waals surface area contributed by atoms with E-state index >= 15 is 0 Å². The van der Waals surface area contributed by atoms with Gasteiger partial charge in [-0.2, -0.15) is 5.10 Å². The van der Waals surface area contributed by atoms with E-state index in [1.807, 2.05) is 52.0 Å². The van der Waals surface area contributed by atoms with Gasteiger partial charge in [0, 0.05) is 30.4 Å². The van der Waals surface area contributed by atoms with Crippen LogP contribution in [-0.2, 0) is 16.0 Å². The molecule has 8 nitrogen and oxygen atoms in total. The molecule has 3 rings (SSSR count). The van der Waals surface area contributed by atoms with Crippen LogP contribution in [0.5, 0.6) is 0 Å². The van der Waals surface area contributed by atoms with Crippen molar-refractivity contribution in [1.29, 1.82) is 0 Å². The van der Waals surface area contributed by atoms with Crippen molar-refractivity contribution >= 4 is 17.8 Å². The normalized spacial score (nSPS) is 16.6. The van der Waals surface area contributed by atoms with Crippen molar-refractivity contribution in [2.75, 3.05) is 18.4 Å². The maximum Gasteiger partial charge on any atom is 0.410 e. The third kappa shape index (κ3) is 5.97. The second kappa shape index (κ2) is 8.55. The Morgan fingerprint density at radius 2 is 2.00 bits per heavy atom. The number of aromatic nitrogens is 3. The Morgan fingerprint density at radius 1 is 1.21 bits per heavy atom. The molecule has 0 aliphatic carbocycles. The summed E-state index contributed by atoms with van der Waals surface area (Å²) in [5.74, 6) is 0.312. The van der Waals surface area contributed by atoms with Gasteiger partial charge in [0.1, 0.15) is 5.60 Å². The number of ether oxygens (including phenoxy) is 1. The standard InChI is InChI=1S/C21H27N5O3/c1-14-6-5-7-16(22-14)12-19(27)23-18-9-8-17(24-25-18)15-10-11-26(13-15)20(28)29-21(2,3)4/h5-9,15H,10-13H2,1-4H3,(H,23,25,27). The van der Waals surface area contributed by atoms with Gasteiger partial charge in [0.25, 0.3) is 0 Å². The number of likely N-dealkylation sites (tertiary alicyclic amines) is 1. The fourth-order valence-electron chi connectivity index (χ4n) is 3.17. The van der Waals surface area contributed by atoms with E-state index < -0.39 is 5.60 Å². The number of aryl methyl sites for hydroxylation is 1. The summed E-state index contributed by atoms with van der Waals surface area (Å²) in [7, 11) is 0. The summed E-state index contributed by atoms with van der Waals surface area (Å²) in [6.07, 6.45) is 0.679. The summed E-state index contributed by atoms with van der Waals surface area (Å²) in [6.45, 7) is 8.63. The number of pyridine rings is 1. The van der Waals surface area contributed by atoms with Gasteiger partial charge < -0.3 is 15.0 Å². The number of hydrogen-bond donors (Lipinski definition) is 1. The van der Waals surface area contributed by atoms with Crippen LogP contribution in [0.2, 0.25) is 0 Å². The van der Waals surface area contributed by atoms with Crippen LogP contribution in [0, 0.1) is 6.92 Å². The molecule has 1 aliphatic heterocycles. The molecule has 0 spiro atoms. The molecule has 0 aromatic carbocycles. The Morgan fingerprint density at radius 3 is 2.66 bits per heavy atom. The average molecular weight is 397 g/mol. The highest BCUT2D eigenvalue weighted by Crippen LogP contribution is 2.27. The lowest BCUT2D eigenvalue weighted by atomic mass is 10.1. The minimum Gasteiger partial charge on any atom is -0.444 e. The molecule has 0 bridgehead atoms. The Hall–Kier alpha value is -3.03. The number of rotatable bonds is 4. The van der Waals surface area contributed by atoms with E-state index in [9.17, 15) is 9.59 Å². The van der Waals surface area contributed by atoms with Crippen molar-refractivity contribution in [3.05, 3.63) is 47.4 Å². The van der Waals surface area contributed by atoms with E-state index in [1.54, 1.807) is 11.0 Å². The molecule has 1 saturated heterocycles. The van der Waals surface area contributed by atoms with E-state index in [1.165, 1.54) is 0 Å².